The molecule has 0 aliphatic carbocycles. The van der Waals surface area contributed by atoms with Crippen LogP contribution in [0.25, 0.3) is 0 Å². The second-order valence-electron chi connectivity index (χ2n) is 7.53. The maximum Gasteiger partial charge on any atom is 0.411 e. The first-order valence-electron chi connectivity index (χ1n) is 9.01. The smallest absolute Gasteiger partial charge is 0.411 e. The van der Waals surface area contributed by atoms with Crippen molar-refractivity contribution in [3.05, 3.63) is 41.9 Å². The van der Waals surface area contributed by atoms with E-state index in [1.807, 2.05) is 24.3 Å². The van der Waals surface area contributed by atoms with E-state index >= 15 is 0 Å². The molecular formula is C20H27N2O5. The van der Waals surface area contributed by atoms with Gasteiger partial charge in [-0.2, -0.15) is 0 Å². The van der Waals surface area contributed by atoms with E-state index in [0.29, 0.717) is 13.0 Å². The van der Waals surface area contributed by atoms with Crippen LogP contribution in [0.5, 0.6) is 0 Å². The minimum Gasteiger partial charge on any atom is -0.459 e. The van der Waals surface area contributed by atoms with Crippen LogP contribution in [0.2, 0.25) is 0 Å². The number of ether oxygens (including phenoxy) is 2. The Morgan fingerprint density at radius 2 is 1.89 bits per heavy atom. The first-order chi connectivity index (χ1) is 12.7. The molecule has 2 rings (SSSR count). The molecule has 7 nitrogen and oxygen atoms in total. The fraction of sp³-hybridized carbons (Fsp3) is 0.500. The van der Waals surface area contributed by atoms with E-state index in [0.717, 1.165) is 17.5 Å². The third-order valence-electron chi connectivity index (χ3n) is 3.96. The van der Waals surface area contributed by atoms with Crippen LogP contribution < -0.4 is 5.32 Å². The minimum absolute atomic E-state index is 0.123. The van der Waals surface area contributed by atoms with Gasteiger partial charge in [-0.15, -0.1) is 0 Å². The molecule has 7 heteroatoms. The average molecular weight is 375 g/mol. The molecule has 1 heterocycles. The zero-order chi connectivity index (χ0) is 20.0. The second kappa shape index (κ2) is 8.88. The molecule has 147 valence electrons. The molecule has 1 N–H and O–H groups in total. The lowest BCUT2D eigenvalue weighted by atomic mass is 10.1. The summed E-state index contributed by atoms with van der Waals surface area (Å²) in [5.41, 5.74) is 1.06. The highest BCUT2D eigenvalue weighted by Crippen LogP contribution is 2.22. The summed E-state index contributed by atoms with van der Waals surface area (Å²) in [6.45, 7) is 9.04. The van der Waals surface area contributed by atoms with Crippen LogP contribution in [0.1, 0.15) is 51.7 Å². The number of carbonyl (C=O) groups is 3. The van der Waals surface area contributed by atoms with Gasteiger partial charge in [-0.3, -0.25) is 9.69 Å². The number of amides is 2. The predicted octanol–water partition coefficient (Wildman–Crippen LogP) is 2.78. The van der Waals surface area contributed by atoms with E-state index in [2.05, 4.69) is 5.32 Å². The van der Waals surface area contributed by atoms with Crippen molar-refractivity contribution < 1.29 is 23.9 Å². The lowest BCUT2D eigenvalue weighted by Gasteiger charge is -2.27. The third kappa shape index (κ3) is 6.58. The Morgan fingerprint density at radius 3 is 2.48 bits per heavy atom. The van der Waals surface area contributed by atoms with Crippen LogP contribution in [0.3, 0.4) is 0 Å². The van der Waals surface area contributed by atoms with Gasteiger partial charge in [0.1, 0.15) is 18.2 Å². The van der Waals surface area contributed by atoms with Crippen LogP contribution in [0.4, 0.5) is 4.79 Å². The number of esters is 1. The fourth-order valence-corrected chi connectivity index (χ4v) is 2.70. The molecule has 1 radical (unpaired) electrons. The molecule has 2 amide bonds. The minimum atomic E-state index is -0.607. The van der Waals surface area contributed by atoms with E-state index in [4.69, 9.17) is 9.47 Å². The number of benzene rings is 1. The molecule has 1 saturated heterocycles. The number of nitrogens with zero attached hydrogens (tertiary/aromatic N) is 1. The second-order valence-corrected chi connectivity index (χ2v) is 7.53. The van der Waals surface area contributed by atoms with Crippen molar-refractivity contribution in [2.24, 2.45) is 0 Å². The molecule has 27 heavy (non-hydrogen) atoms. The average Bonchev–Trinajstić information content (AvgIpc) is 3.07. The summed E-state index contributed by atoms with van der Waals surface area (Å²) in [7, 11) is 0. The summed E-state index contributed by atoms with van der Waals surface area (Å²) >= 11 is 0. The van der Waals surface area contributed by atoms with Gasteiger partial charge in [-0.25, -0.2) is 9.59 Å². The highest BCUT2D eigenvalue weighted by atomic mass is 16.6. The summed E-state index contributed by atoms with van der Waals surface area (Å²) in [6, 6.07) is 6.68. The summed E-state index contributed by atoms with van der Waals surface area (Å²) in [5, 5.41) is 2.60. The Hall–Kier alpha value is -2.57. The molecule has 0 aromatic heterocycles. The Kier molecular flexibility index (Phi) is 6.82. The zero-order valence-corrected chi connectivity index (χ0v) is 16.3. The lowest BCUT2D eigenvalue weighted by molar-refractivity contribution is -0.150. The van der Waals surface area contributed by atoms with Gasteiger partial charge in [0.25, 0.3) is 0 Å². The quantitative estimate of drug-likeness (QED) is 0.800. The number of carbonyl (C=O) groups excluding carboxylic acids is 3. The maximum atomic E-state index is 12.4. The Morgan fingerprint density at radius 1 is 1.22 bits per heavy atom. The van der Waals surface area contributed by atoms with Crippen molar-refractivity contribution in [2.75, 3.05) is 6.54 Å². The van der Waals surface area contributed by atoms with Crippen molar-refractivity contribution in [2.45, 2.75) is 58.8 Å². The van der Waals surface area contributed by atoms with Gasteiger partial charge in [0.05, 0.1) is 6.54 Å². The predicted molar refractivity (Wildman–Crippen MR) is 99.4 cm³/mol. The van der Waals surface area contributed by atoms with Crippen LogP contribution >= 0.6 is 0 Å². The summed E-state index contributed by atoms with van der Waals surface area (Å²) in [5.74, 6) is -0.564. The topological polar surface area (TPSA) is 84.9 Å². The van der Waals surface area contributed by atoms with Crippen molar-refractivity contribution in [1.82, 2.24) is 10.2 Å². The Balaban J connectivity index is 1.87. The molecule has 0 spiro atoms. The monoisotopic (exact) mass is 375 g/mol. The molecule has 1 aromatic carbocycles. The molecular weight excluding hydrogens is 348 g/mol. The van der Waals surface area contributed by atoms with E-state index in [1.54, 1.807) is 27.3 Å². The molecule has 1 aromatic rings. The number of hydrogen-bond acceptors (Lipinski definition) is 5. The largest absolute Gasteiger partial charge is 0.459 e. The fourth-order valence-electron chi connectivity index (χ4n) is 2.70. The molecule has 1 aliphatic rings. The van der Waals surface area contributed by atoms with Gasteiger partial charge in [-0.1, -0.05) is 24.3 Å². The summed E-state index contributed by atoms with van der Waals surface area (Å²) in [6.07, 6.45) is 0.829. The summed E-state index contributed by atoms with van der Waals surface area (Å²) < 4.78 is 10.8. The SMILES string of the molecule is CC(=O)N[CH]c1ccc(COC(=O)[C@@H]2CCCN2C(=O)OC(C)(C)C)cc1. The summed E-state index contributed by atoms with van der Waals surface area (Å²) in [4.78, 5) is 37.0. The number of hydrogen-bond donors (Lipinski definition) is 1. The van der Waals surface area contributed by atoms with Gasteiger partial charge in [0, 0.05) is 13.5 Å². The molecule has 1 aliphatic heterocycles. The molecule has 1 atom stereocenters. The molecule has 0 unspecified atom stereocenters. The number of rotatable bonds is 5. The molecule has 1 fully saturated rings. The van der Waals surface area contributed by atoms with E-state index in [-0.39, 0.29) is 12.5 Å². The Bertz CT molecular complexity index is 679. The first kappa shape index (κ1) is 20.7. The first-order valence-corrected chi connectivity index (χ1v) is 9.01. The highest BCUT2D eigenvalue weighted by Gasteiger charge is 2.37. The van der Waals surface area contributed by atoms with E-state index in [1.165, 1.54) is 11.8 Å². The van der Waals surface area contributed by atoms with Crippen molar-refractivity contribution in [1.29, 1.82) is 0 Å². The van der Waals surface area contributed by atoms with Crippen LogP contribution in [0.15, 0.2) is 24.3 Å². The van der Waals surface area contributed by atoms with E-state index in [9.17, 15) is 14.4 Å². The van der Waals surface area contributed by atoms with Gasteiger partial charge in [0.15, 0.2) is 0 Å². The molecule has 0 saturated carbocycles. The van der Waals surface area contributed by atoms with E-state index < -0.39 is 23.7 Å². The Labute approximate surface area is 160 Å². The van der Waals surface area contributed by atoms with Crippen molar-refractivity contribution in [3.63, 3.8) is 0 Å². The third-order valence-corrected chi connectivity index (χ3v) is 3.96. The maximum absolute atomic E-state index is 12.4. The number of nitrogens with one attached hydrogen (secondary N) is 1. The van der Waals surface area contributed by atoms with Gasteiger partial charge >= 0.3 is 12.1 Å². The van der Waals surface area contributed by atoms with Gasteiger partial charge in [-0.05, 0) is 44.7 Å². The van der Waals surface area contributed by atoms with Gasteiger partial charge in [0.2, 0.25) is 5.91 Å². The normalized spacial score (nSPS) is 16.7. The zero-order valence-electron chi connectivity index (χ0n) is 16.3. The standard InChI is InChI=1S/C20H27N2O5/c1-14(23)21-12-15-7-9-16(10-8-15)13-26-18(24)17-6-5-11-22(17)19(25)27-20(2,3)4/h7-10,12,17H,5-6,11,13H2,1-4H3,(H,21,23)/t17-/m0/s1. The van der Waals surface area contributed by atoms with Crippen LogP contribution in [0, 0.1) is 6.54 Å². The van der Waals surface area contributed by atoms with Crippen molar-refractivity contribution in [3.8, 4) is 0 Å². The van der Waals surface area contributed by atoms with Gasteiger partial charge < -0.3 is 14.8 Å². The van der Waals surface area contributed by atoms with Crippen molar-refractivity contribution >= 4 is 18.0 Å². The highest BCUT2D eigenvalue weighted by molar-refractivity contribution is 5.82. The lowest BCUT2D eigenvalue weighted by Crippen LogP contribution is -2.44. The molecule has 0 bridgehead atoms. The van der Waals surface area contributed by atoms with Crippen LogP contribution in [-0.2, 0) is 25.7 Å². The number of likely N-dealkylation sites (tertiary alicyclic amines) is 1. The van der Waals surface area contributed by atoms with Crippen LogP contribution in [-0.4, -0.2) is 41.1 Å².